The molecule has 136 valence electrons. The molecule has 1 aliphatic rings. The average molecular weight is 362 g/mol. The molecule has 4 rings (SSSR count). The number of primary amides is 1. The first kappa shape index (κ1) is 16.8. The van der Waals surface area contributed by atoms with E-state index in [-0.39, 0.29) is 12.5 Å². The van der Waals surface area contributed by atoms with Gasteiger partial charge in [0.15, 0.2) is 0 Å². The van der Waals surface area contributed by atoms with Gasteiger partial charge in [0, 0.05) is 10.9 Å². The van der Waals surface area contributed by atoms with Crippen LogP contribution in [-0.2, 0) is 11.3 Å². The molecule has 3 aromatic rings. The number of benzene rings is 2. The van der Waals surface area contributed by atoms with Crippen LogP contribution in [0.5, 0.6) is 5.75 Å². The molecule has 0 unspecified atom stereocenters. The second-order valence-electron chi connectivity index (χ2n) is 6.28. The minimum Gasteiger partial charge on any atom is -0.497 e. The molecule has 7 heteroatoms. The van der Waals surface area contributed by atoms with Crippen molar-refractivity contribution in [3.05, 3.63) is 65.9 Å². The van der Waals surface area contributed by atoms with Crippen molar-refractivity contribution in [3.8, 4) is 5.75 Å². The van der Waals surface area contributed by atoms with Gasteiger partial charge in [-0.05, 0) is 42.0 Å². The number of methoxy groups -OCH3 is 1. The van der Waals surface area contributed by atoms with Crippen molar-refractivity contribution < 1.29 is 14.3 Å². The molecule has 2 heterocycles. The second-order valence-corrected chi connectivity index (χ2v) is 6.28. The Kier molecular flexibility index (Phi) is 4.12. The lowest BCUT2D eigenvalue weighted by atomic mass is 10.1. The van der Waals surface area contributed by atoms with E-state index in [2.05, 4.69) is 5.10 Å². The maximum atomic E-state index is 13.0. The van der Waals surface area contributed by atoms with E-state index in [1.54, 1.807) is 7.11 Å². The minimum absolute atomic E-state index is 0.278. The molecule has 0 aliphatic carbocycles. The summed E-state index contributed by atoms with van der Waals surface area (Å²) in [5.41, 5.74) is 8.23. The molecule has 0 saturated heterocycles. The fraction of sp³-hybridized carbons (Fsp3) is 0.150. The molecule has 1 aliphatic heterocycles. The van der Waals surface area contributed by atoms with E-state index in [0.717, 1.165) is 27.2 Å². The first-order chi connectivity index (χ1) is 13.1. The lowest BCUT2D eigenvalue weighted by Gasteiger charge is -2.14. The van der Waals surface area contributed by atoms with E-state index in [1.807, 2.05) is 59.2 Å². The molecule has 27 heavy (non-hydrogen) atoms. The molecule has 0 spiro atoms. The minimum atomic E-state index is -0.620. The van der Waals surface area contributed by atoms with Crippen molar-refractivity contribution >= 4 is 28.4 Å². The highest BCUT2D eigenvalue weighted by Gasteiger charge is 2.27. The summed E-state index contributed by atoms with van der Waals surface area (Å²) in [7, 11) is 1.60. The summed E-state index contributed by atoms with van der Waals surface area (Å²) >= 11 is 0. The summed E-state index contributed by atoms with van der Waals surface area (Å²) < 4.78 is 7.12. The fourth-order valence-electron chi connectivity index (χ4n) is 3.25. The number of amides is 2. The number of hydrogen-bond donors (Lipinski definition) is 1. The maximum absolute atomic E-state index is 13.0. The smallest absolute Gasteiger partial charge is 0.291 e. The van der Waals surface area contributed by atoms with Crippen molar-refractivity contribution in [2.45, 2.75) is 6.54 Å². The summed E-state index contributed by atoms with van der Waals surface area (Å²) in [4.78, 5) is 24.5. The van der Waals surface area contributed by atoms with Crippen LogP contribution in [-0.4, -0.2) is 40.8 Å². The molecule has 2 amide bonds. The van der Waals surface area contributed by atoms with Gasteiger partial charge in [-0.15, -0.1) is 0 Å². The van der Waals surface area contributed by atoms with Gasteiger partial charge in [-0.2, -0.15) is 5.10 Å². The number of para-hydroxylation sites is 1. The van der Waals surface area contributed by atoms with Crippen LogP contribution < -0.4 is 10.5 Å². The second kappa shape index (κ2) is 6.60. The Morgan fingerprint density at radius 2 is 1.93 bits per heavy atom. The molecule has 2 N–H and O–H groups in total. The number of carbonyl (C=O) groups excluding carboxylic acids is 2. The Bertz CT molecular complexity index is 1070. The Hall–Kier alpha value is -3.61. The Morgan fingerprint density at radius 3 is 2.63 bits per heavy atom. The highest BCUT2D eigenvalue weighted by molar-refractivity contribution is 6.07. The quantitative estimate of drug-likeness (QED) is 0.770. The van der Waals surface area contributed by atoms with Crippen molar-refractivity contribution in [1.29, 1.82) is 0 Å². The Balaban J connectivity index is 1.86. The number of nitrogens with zero attached hydrogens (tertiary/aromatic N) is 3. The zero-order valence-corrected chi connectivity index (χ0v) is 14.8. The van der Waals surface area contributed by atoms with Crippen molar-refractivity contribution in [3.63, 3.8) is 0 Å². The van der Waals surface area contributed by atoms with Crippen LogP contribution >= 0.6 is 0 Å². The van der Waals surface area contributed by atoms with Crippen LogP contribution in [0.25, 0.3) is 10.9 Å². The first-order valence-corrected chi connectivity index (χ1v) is 8.47. The van der Waals surface area contributed by atoms with E-state index in [0.29, 0.717) is 18.0 Å². The topological polar surface area (TPSA) is 89.9 Å². The molecule has 7 nitrogen and oxygen atoms in total. The van der Waals surface area contributed by atoms with Gasteiger partial charge in [0.25, 0.3) is 5.91 Å². The summed E-state index contributed by atoms with van der Waals surface area (Å²) in [5, 5.41) is 6.55. The molecule has 0 fully saturated rings. The van der Waals surface area contributed by atoms with Crippen molar-refractivity contribution in [1.82, 2.24) is 9.58 Å². The van der Waals surface area contributed by atoms with Crippen molar-refractivity contribution in [2.24, 2.45) is 10.8 Å². The zero-order valence-electron chi connectivity index (χ0n) is 14.8. The van der Waals surface area contributed by atoms with Crippen LogP contribution in [0.3, 0.4) is 0 Å². The summed E-state index contributed by atoms with van der Waals surface area (Å²) in [6, 6.07) is 17.0. The number of hydrazone groups is 1. The highest BCUT2D eigenvalue weighted by Crippen LogP contribution is 2.25. The molecule has 0 saturated carbocycles. The summed E-state index contributed by atoms with van der Waals surface area (Å²) in [5.74, 6) is -0.246. The van der Waals surface area contributed by atoms with E-state index in [4.69, 9.17) is 10.5 Å². The van der Waals surface area contributed by atoms with E-state index in [1.165, 1.54) is 0 Å². The number of carbonyl (C=O) groups is 2. The zero-order chi connectivity index (χ0) is 19.0. The lowest BCUT2D eigenvalue weighted by Crippen LogP contribution is -2.35. The summed E-state index contributed by atoms with van der Waals surface area (Å²) in [6.07, 6.45) is 0. The molecule has 2 aromatic carbocycles. The van der Waals surface area contributed by atoms with Crippen LogP contribution in [0.15, 0.2) is 59.7 Å². The van der Waals surface area contributed by atoms with Crippen LogP contribution in [0.1, 0.15) is 16.1 Å². The van der Waals surface area contributed by atoms with Gasteiger partial charge in [0.1, 0.15) is 18.0 Å². The number of nitrogens with two attached hydrogens (primary N) is 1. The molecule has 0 radical (unpaired) electrons. The molecular weight excluding hydrogens is 344 g/mol. The van der Waals surface area contributed by atoms with Gasteiger partial charge in [-0.1, -0.05) is 18.2 Å². The third kappa shape index (κ3) is 3.03. The van der Waals surface area contributed by atoms with E-state index < -0.39 is 5.91 Å². The first-order valence-electron chi connectivity index (χ1n) is 8.47. The molecule has 0 bridgehead atoms. The summed E-state index contributed by atoms with van der Waals surface area (Å²) in [6.45, 7) is 0.121. The predicted molar refractivity (Wildman–Crippen MR) is 102 cm³/mol. The van der Waals surface area contributed by atoms with Gasteiger partial charge in [-0.25, -0.2) is 5.01 Å². The van der Waals surface area contributed by atoms with Gasteiger partial charge in [0.05, 0.1) is 19.4 Å². The highest BCUT2D eigenvalue weighted by atomic mass is 16.5. The van der Waals surface area contributed by atoms with Gasteiger partial charge >= 0.3 is 0 Å². The SMILES string of the molecule is COc1ccc(C2=NN(CC(N)=O)C(=O)c3cc4ccccc4n3C2)cc1. The number of rotatable bonds is 4. The van der Waals surface area contributed by atoms with Crippen LogP contribution in [0.2, 0.25) is 0 Å². The fourth-order valence-corrected chi connectivity index (χ4v) is 3.25. The number of hydrogen-bond acceptors (Lipinski definition) is 4. The normalized spacial score (nSPS) is 13.9. The predicted octanol–water partition coefficient (Wildman–Crippen LogP) is 2.00. The number of fused-ring (bicyclic) bond motifs is 3. The maximum Gasteiger partial charge on any atom is 0.291 e. The van der Waals surface area contributed by atoms with Crippen LogP contribution in [0.4, 0.5) is 0 Å². The average Bonchev–Trinajstić information content (AvgIpc) is 2.98. The van der Waals surface area contributed by atoms with Gasteiger partial charge < -0.3 is 15.0 Å². The third-order valence-electron chi connectivity index (χ3n) is 4.54. The Morgan fingerprint density at radius 1 is 1.19 bits per heavy atom. The van der Waals surface area contributed by atoms with Gasteiger partial charge in [0.2, 0.25) is 5.91 Å². The van der Waals surface area contributed by atoms with Crippen molar-refractivity contribution in [2.75, 3.05) is 13.7 Å². The van der Waals surface area contributed by atoms with Gasteiger partial charge in [-0.3, -0.25) is 9.59 Å². The molecule has 1 aromatic heterocycles. The largest absolute Gasteiger partial charge is 0.497 e. The monoisotopic (exact) mass is 362 g/mol. The molecule has 0 atom stereocenters. The Labute approximate surface area is 155 Å². The standard InChI is InChI=1S/C20H18N4O3/c1-27-15-8-6-13(7-9-15)16-11-23-17-5-3-2-4-14(17)10-18(23)20(26)24(22-16)12-19(21)25/h2-10H,11-12H2,1H3,(H2,21,25). The van der Waals surface area contributed by atoms with Crippen LogP contribution in [0, 0.1) is 0 Å². The third-order valence-corrected chi connectivity index (χ3v) is 4.54. The molecular formula is C20H18N4O3. The number of aromatic nitrogens is 1. The number of ether oxygens (including phenoxy) is 1. The lowest BCUT2D eigenvalue weighted by molar-refractivity contribution is -0.118. The van der Waals surface area contributed by atoms with E-state index >= 15 is 0 Å². The van der Waals surface area contributed by atoms with E-state index in [9.17, 15) is 9.59 Å².